The van der Waals surface area contributed by atoms with Gasteiger partial charge in [0.25, 0.3) is 0 Å². The number of hydrogen-bond acceptors (Lipinski definition) is 6. The van der Waals surface area contributed by atoms with Gasteiger partial charge in [-0.1, -0.05) is 24.3 Å². The third-order valence-corrected chi connectivity index (χ3v) is 6.26. The van der Waals surface area contributed by atoms with E-state index in [4.69, 9.17) is 12.2 Å². The molecule has 172 valence electrons. The van der Waals surface area contributed by atoms with Gasteiger partial charge in [0.1, 0.15) is 36.2 Å². The largest absolute Gasteiger partial charge is 0.381 e. The minimum atomic E-state index is -1.88. The highest BCUT2D eigenvalue weighted by atomic mass is 32.1. The van der Waals surface area contributed by atoms with E-state index in [-0.39, 0.29) is 16.9 Å². The average molecular weight is 480 g/mol. The van der Waals surface area contributed by atoms with Crippen LogP contribution in [0.25, 0.3) is 16.6 Å². The van der Waals surface area contributed by atoms with Gasteiger partial charge in [0.2, 0.25) is 4.77 Å². The standard InChI is InChI=1S/C23H19F2N7OS/c1-15(23(33,11-30-13-26-12-28-30)19-7-6-17(24)9-20(19)25)32-22(34)31(14-29-32)18-8-16-4-2-3-5-21(16)27-10-18/h2-10,12-15,33H,11H2,1H3/t15-,23-/m1/s1. The molecule has 2 aromatic carbocycles. The number of aliphatic hydroxyl groups is 1. The molecule has 2 atom stereocenters. The van der Waals surface area contributed by atoms with Crippen LogP contribution in [0.3, 0.4) is 0 Å². The van der Waals surface area contributed by atoms with E-state index in [1.54, 1.807) is 17.7 Å². The van der Waals surface area contributed by atoms with Crippen molar-refractivity contribution in [2.45, 2.75) is 25.1 Å². The third-order valence-electron chi connectivity index (χ3n) is 5.87. The summed E-state index contributed by atoms with van der Waals surface area (Å²) < 4.78 is 33.2. The van der Waals surface area contributed by atoms with Gasteiger partial charge in [0.15, 0.2) is 0 Å². The van der Waals surface area contributed by atoms with Gasteiger partial charge in [-0.25, -0.2) is 23.1 Å². The topological polar surface area (TPSA) is 86.6 Å². The molecule has 34 heavy (non-hydrogen) atoms. The number of benzene rings is 2. The second-order valence-corrected chi connectivity index (χ2v) is 8.30. The van der Waals surface area contributed by atoms with E-state index < -0.39 is 23.3 Å². The number of rotatable bonds is 6. The number of nitrogens with zero attached hydrogens (tertiary/aromatic N) is 7. The molecule has 0 spiro atoms. The van der Waals surface area contributed by atoms with Gasteiger partial charge >= 0.3 is 0 Å². The highest BCUT2D eigenvalue weighted by Gasteiger charge is 2.41. The number of halogens is 2. The summed E-state index contributed by atoms with van der Waals surface area (Å²) in [5.74, 6) is -1.64. The van der Waals surface area contributed by atoms with Crippen LogP contribution in [0.1, 0.15) is 18.5 Å². The lowest BCUT2D eigenvalue weighted by atomic mass is 9.86. The second-order valence-electron chi connectivity index (χ2n) is 7.93. The van der Waals surface area contributed by atoms with E-state index in [9.17, 15) is 13.9 Å². The number of hydrogen-bond donors (Lipinski definition) is 1. The molecule has 3 heterocycles. The van der Waals surface area contributed by atoms with Crippen LogP contribution >= 0.6 is 12.2 Å². The monoisotopic (exact) mass is 479 g/mol. The van der Waals surface area contributed by atoms with Crippen molar-refractivity contribution in [3.63, 3.8) is 0 Å². The molecule has 0 aliphatic heterocycles. The molecule has 0 fully saturated rings. The molecule has 0 unspecified atom stereocenters. The summed E-state index contributed by atoms with van der Waals surface area (Å²) in [5.41, 5.74) is -0.465. The van der Waals surface area contributed by atoms with E-state index in [0.717, 1.165) is 23.0 Å². The van der Waals surface area contributed by atoms with E-state index in [2.05, 4.69) is 20.2 Å². The van der Waals surface area contributed by atoms with Crippen molar-refractivity contribution in [2.75, 3.05) is 0 Å². The summed E-state index contributed by atoms with van der Waals surface area (Å²) in [6, 6.07) is 11.8. The maximum Gasteiger partial charge on any atom is 0.202 e. The molecule has 1 N–H and O–H groups in total. The van der Waals surface area contributed by atoms with Gasteiger partial charge in [0, 0.05) is 17.0 Å². The molecule has 0 aliphatic rings. The molecule has 11 heteroatoms. The number of aromatic nitrogens is 7. The third kappa shape index (κ3) is 3.78. The summed E-state index contributed by atoms with van der Waals surface area (Å²) in [7, 11) is 0. The molecule has 3 aromatic heterocycles. The Labute approximate surface area is 197 Å². The molecule has 0 saturated heterocycles. The maximum absolute atomic E-state index is 14.9. The zero-order valence-electron chi connectivity index (χ0n) is 18.0. The summed E-state index contributed by atoms with van der Waals surface area (Å²) in [5, 5.41) is 21.2. The Kier molecular flexibility index (Phi) is 5.50. The molecule has 0 bridgehead atoms. The van der Waals surface area contributed by atoms with Crippen LogP contribution in [0.15, 0.2) is 73.7 Å². The zero-order valence-corrected chi connectivity index (χ0v) is 18.8. The minimum absolute atomic E-state index is 0.110. The van der Waals surface area contributed by atoms with Gasteiger partial charge in [-0.2, -0.15) is 10.2 Å². The first kappa shape index (κ1) is 22.0. The predicted molar refractivity (Wildman–Crippen MR) is 123 cm³/mol. The molecule has 5 rings (SSSR count). The van der Waals surface area contributed by atoms with Gasteiger partial charge < -0.3 is 5.11 Å². The average Bonchev–Trinajstić information content (AvgIpc) is 3.47. The fourth-order valence-corrected chi connectivity index (χ4v) is 4.35. The fraction of sp³-hybridized carbons (Fsp3) is 0.174. The van der Waals surface area contributed by atoms with Gasteiger partial charge in [-0.15, -0.1) is 0 Å². The molecule has 5 aromatic rings. The highest BCUT2D eigenvalue weighted by molar-refractivity contribution is 7.71. The second kappa shape index (κ2) is 8.50. The lowest BCUT2D eigenvalue weighted by molar-refractivity contribution is -0.0375. The van der Waals surface area contributed by atoms with E-state index in [0.29, 0.717) is 5.69 Å². The summed E-state index contributed by atoms with van der Waals surface area (Å²) in [6.45, 7) is 1.49. The normalized spacial score (nSPS) is 14.2. The first-order valence-electron chi connectivity index (χ1n) is 10.4. The Morgan fingerprint density at radius 1 is 1.09 bits per heavy atom. The van der Waals surface area contributed by atoms with Crippen LogP contribution in [-0.2, 0) is 12.1 Å². The van der Waals surface area contributed by atoms with Crippen LogP contribution in [0.2, 0.25) is 0 Å². The van der Waals surface area contributed by atoms with Crippen LogP contribution in [0, 0.1) is 16.4 Å². The first-order valence-corrected chi connectivity index (χ1v) is 10.8. The lowest BCUT2D eigenvalue weighted by Crippen LogP contribution is -2.41. The van der Waals surface area contributed by atoms with Gasteiger partial charge in [-0.05, 0) is 37.3 Å². The van der Waals surface area contributed by atoms with Crippen molar-refractivity contribution in [2.24, 2.45) is 0 Å². The van der Waals surface area contributed by atoms with E-state index in [1.165, 1.54) is 34.4 Å². The Bertz CT molecular complexity index is 1530. The Hall–Kier alpha value is -3.83. The van der Waals surface area contributed by atoms with Crippen molar-refractivity contribution >= 4 is 23.1 Å². The minimum Gasteiger partial charge on any atom is -0.381 e. The maximum atomic E-state index is 14.9. The number of pyridine rings is 1. The molecular weight excluding hydrogens is 460 g/mol. The smallest absolute Gasteiger partial charge is 0.202 e. The van der Waals surface area contributed by atoms with Crippen LogP contribution < -0.4 is 0 Å². The fourth-order valence-electron chi connectivity index (χ4n) is 4.00. The summed E-state index contributed by atoms with van der Waals surface area (Å²) in [6.07, 6.45) is 5.90. The van der Waals surface area contributed by atoms with Crippen LogP contribution in [0.5, 0.6) is 0 Å². The number of fused-ring (bicyclic) bond motifs is 1. The van der Waals surface area contributed by atoms with E-state index in [1.807, 2.05) is 30.3 Å². The van der Waals surface area contributed by atoms with Gasteiger partial charge in [-0.3, -0.25) is 9.55 Å². The predicted octanol–water partition coefficient (Wildman–Crippen LogP) is 3.97. The molecule has 0 radical (unpaired) electrons. The molecule has 0 saturated carbocycles. The zero-order chi connectivity index (χ0) is 23.9. The molecule has 0 amide bonds. The molecular formula is C23H19F2N7OS. The summed E-state index contributed by atoms with van der Waals surface area (Å²) >= 11 is 5.66. The SMILES string of the molecule is C[C@@H](n1ncn(-c2cnc3ccccc3c2)c1=S)[C@](O)(Cn1cncn1)c1ccc(F)cc1F. The van der Waals surface area contributed by atoms with Crippen molar-refractivity contribution < 1.29 is 13.9 Å². The Morgan fingerprint density at radius 2 is 1.91 bits per heavy atom. The number of para-hydroxylation sites is 1. The van der Waals surface area contributed by atoms with Gasteiger partial charge in [0.05, 0.1) is 30.0 Å². The molecule has 0 aliphatic carbocycles. The van der Waals surface area contributed by atoms with E-state index >= 15 is 0 Å². The lowest BCUT2D eigenvalue weighted by Gasteiger charge is -2.34. The Balaban J connectivity index is 1.59. The first-order chi connectivity index (χ1) is 16.4. The van der Waals surface area contributed by atoms with Crippen LogP contribution in [-0.4, -0.2) is 39.2 Å². The van der Waals surface area contributed by atoms with Crippen molar-refractivity contribution in [3.05, 3.63) is 95.7 Å². The van der Waals surface area contributed by atoms with Crippen molar-refractivity contribution in [3.8, 4) is 5.69 Å². The van der Waals surface area contributed by atoms with Crippen molar-refractivity contribution in [1.29, 1.82) is 0 Å². The van der Waals surface area contributed by atoms with Crippen LogP contribution in [0.4, 0.5) is 8.78 Å². The highest BCUT2D eigenvalue weighted by Crippen LogP contribution is 2.36. The quantitative estimate of drug-likeness (QED) is 0.371. The Morgan fingerprint density at radius 3 is 2.68 bits per heavy atom. The molecule has 8 nitrogen and oxygen atoms in total. The summed E-state index contributed by atoms with van der Waals surface area (Å²) in [4.78, 5) is 8.35. The van der Waals surface area contributed by atoms with Crippen molar-refractivity contribution in [1.82, 2.24) is 34.1 Å².